The van der Waals surface area contributed by atoms with Crippen LogP contribution in [0.15, 0.2) is 36.4 Å². The molecule has 1 heterocycles. The van der Waals surface area contributed by atoms with E-state index in [9.17, 15) is 4.79 Å². The third-order valence-electron chi connectivity index (χ3n) is 3.90. The molecular weight excluding hydrogens is 393 g/mol. The molecule has 0 aromatic heterocycles. The summed E-state index contributed by atoms with van der Waals surface area (Å²) in [6.07, 6.45) is 1.13. The van der Waals surface area contributed by atoms with E-state index in [4.69, 9.17) is 32.7 Å². The Balaban J connectivity index is 1.31. The van der Waals surface area contributed by atoms with Gasteiger partial charge in [-0.25, -0.2) is 0 Å². The summed E-state index contributed by atoms with van der Waals surface area (Å²) >= 11 is 13.6. The molecule has 1 aliphatic rings. The summed E-state index contributed by atoms with van der Waals surface area (Å²) < 4.78 is 10.6. The minimum absolute atomic E-state index is 0.0535. The lowest BCUT2D eigenvalue weighted by atomic mass is 10.1. The topological polar surface area (TPSA) is 47.6 Å². The lowest BCUT2D eigenvalue weighted by molar-refractivity contribution is -0.120. The first-order valence-corrected chi connectivity index (χ1v) is 10.2. The largest absolute Gasteiger partial charge is 0.454 e. The number of hydrogen-bond donors (Lipinski definition) is 1. The normalized spacial score (nSPS) is 12.2. The van der Waals surface area contributed by atoms with Crippen molar-refractivity contribution in [2.45, 2.75) is 18.6 Å². The van der Waals surface area contributed by atoms with E-state index in [-0.39, 0.29) is 12.7 Å². The summed E-state index contributed by atoms with van der Waals surface area (Å²) in [5, 5.41) is 4.08. The molecule has 26 heavy (non-hydrogen) atoms. The van der Waals surface area contributed by atoms with Crippen molar-refractivity contribution in [1.29, 1.82) is 0 Å². The van der Waals surface area contributed by atoms with Crippen LogP contribution in [0.2, 0.25) is 10.0 Å². The average Bonchev–Trinajstić information content (AvgIpc) is 3.10. The zero-order chi connectivity index (χ0) is 18.4. The van der Waals surface area contributed by atoms with Crippen LogP contribution < -0.4 is 14.8 Å². The minimum atomic E-state index is 0.0535. The summed E-state index contributed by atoms with van der Waals surface area (Å²) in [4.78, 5) is 12.0. The van der Waals surface area contributed by atoms with E-state index in [0.717, 1.165) is 34.1 Å². The molecule has 0 unspecified atom stereocenters. The standard InChI is InChI=1S/C19H19Cl2NO3S/c20-15-4-1-14(9-16(15)21)11-26-8-7-22-19(23)6-3-13-2-5-17-18(10-13)25-12-24-17/h1-2,4-5,9-10H,3,6-8,11-12H2,(H,22,23). The maximum atomic E-state index is 12.0. The Hall–Kier alpha value is -1.56. The number of carbonyl (C=O) groups excluding carboxylic acids is 1. The van der Waals surface area contributed by atoms with Gasteiger partial charge in [0.1, 0.15) is 0 Å². The molecule has 1 aliphatic heterocycles. The molecule has 1 amide bonds. The summed E-state index contributed by atoms with van der Waals surface area (Å²) in [5.41, 5.74) is 2.19. The number of carbonyl (C=O) groups is 1. The number of fused-ring (bicyclic) bond motifs is 1. The molecule has 0 spiro atoms. The number of thioether (sulfide) groups is 1. The minimum Gasteiger partial charge on any atom is -0.454 e. The maximum Gasteiger partial charge on any atom is 0.231 e. The van der Waals surface area contributed by atoms with Crippen molar-refractivity contribution in [1.82, 2.24) is 5.32 Å². The van der Waals surface area contributed by atoms with E-state index in [1.165, 1.54) is 0 Å². The molecule has 2 aromatic rings. The van der Waals surface area contributed by atoms with Crippen LogP contribution in [-0.4, -0.2) is 25.0 Å². The highest BCUT2D eigenvalue weighted by molar-refractivity contribution is 7.98. The second kappa shape index (κ2) is 9.40. The predicted octanol–water partition coefficient (Wildman–Crippen LogP) is 4.70. The molecule has 2 aromatic carbocycles. The first-order chi connectivity index (χ1) is 12.6. The number of halogens is 2. The number of amides is 1. The molecule has 1 N–H and O–H groups in total. The molecule has 3 rings (SSSR count). The monoisotopic (exact) mass is 411 g/mol. The van der Waals surface area contributed by atoms with Crippen LogP contribution in [0.3, 0.4) is 0 Å². The number of nitrogens with one attached hydrogen (secondary N) is 1. The highest BCUT2D eigenvalue weighted by Gasteiger charge is 2.13. The van der Waals surface area contributed by atoms with E-state index < -0.39 is 0 Å². The van der Waals surface area contributed by atoms with Crippen LogP contribution in [0.5, 0.6) is 11.5 Å². The van der Waals surface area contributed by atoms with Gasteiger partial charge in [-0.15, -0.1) is 0 Å². The van der Waals surface area contributed by atoms with Gasteiger partial charge in [0.25, 0.3) is 0 Å². The molecule has 138 valence electrons. The van der Waals surface area contributed by atoms with E-state index in [1.54, 1.807) is 17.8 Å². The molecule has 0 radical (unpaired) electrons. The van der Waals surface area contributed by atoms with Crippen LogP contribution in [0.4, 0.5) is 0 Å². The molecule has 0 atom stereocenters. The van der Waals surface area contributed by atoms with Crippen LogP contribution in [0.25, 0.3) is 0 Å². The van der Waals surface area contributed by atoms with Gasteiger partial charge < -0.3 is 14.8 Å². The van der Waals surface area contributed by atoms with Gasteiger partial charge in [0.05, 0.1) is 10.0 Å². The summed E-state index contributed by atoms with van der Waals surface area (Å²) in [7, 11) is 0. The van der Waals surface area contributed by atoms with E-state index in [1.807, 2.05) is 30.3 Å². The van der Waals surface area contributed by atoms with Crippen molar-refractivity contribution in [3.8, 4) is 11.5 Å². The molecule has 7 heteroatoms. The molecule has 0 aliphatic carbocycles. The Morgan fingerprint density at radius 1 is 1.04 bits per heavy atom. The number of hydrogen-bond acceptors (Lipinski definition) is 4. The van der Waals surface area contributed by atoms with E-state index in [0.29, 0.717) is 29.4 Å². The van der Waals surface area contributed by atoms with E-state index in [2.05, 4.69) is 5.32 Å². The fourth-order valence-corrected chi connectivity index (χ4v) is 3.65. The first kappa shape index (κ1) is 19.2. The highest BCUT2D eigenvalue weighted by atomic mass is 35.5. The highest BCUT2D eigenvalue weighted by Crippen LogP contribution is 2.32. The third kappa shape index (κ3) is 5.47. The molecule has 0 fully saturated rings. The average molecular weight is 412 g/mol. The van der Waals surface area contributed by atoms with Crippen LogP contribution >= 0.6 is 35.0 Å². The van der Waals surface area contributed by atoms with Gasteiger partial charge in [-0.3, -0.25) is 4.79 Å². The molecule has 4 nitrogen and oxygen atoms in total. The second-order valence-electron chi connectivity index (χ2n) is 5.84. The van der Waals surface area contributed by atoms with Gasteiger partial charge in [-0.05, 0) is 41.8 Å². The number of aryl methyl sites for hydroxylation is 1. The second-order valence-corrected chi connectivity index (χ2v) is 7.76. The first-order valence-electron chi connectivity index (χ1n) is 8.29. The Morgan fingerprint density at radius 2 is 1.85 bits per heavy atom. The van der Waals surface area contributed by atoms with E-state index >= 15 is 0 Å². The van der Waals surface area contributed by atoms with Gasteiger partial charge >= 0.3 is 0 Å². The third-order valence-corrected chi connectivity index (χ3v) is 5.67. The molecule has 0 bridgehead atoms. The van der Waals surface area contributed by atoms with Gasteiger partial charge in [0.2, 0.25) is 12.7 Å². The number of rotatable bonds is 8. The maximum absolute atomic E-state index is 12.0. The SMILES string of the molecule is O=C(CCc1ccc2c(c1)OCO2)NCCSCc1ccc(Cl)c(Cl)c1. The summed E-state index contributed by atoms with van der Waals surface area (Å²) in [6.45, 7) is 0.908. The summed E-state index contributed by atoms with van der Waals surface area (Å²) in [5.74, 6) is 3.25. The van der Waals surface area contributed by atoms with Crippen molar-refractivity contribution in [2.75, 3.05) is 19.1 Å². The Labute approximate surface area is 167 Å². The van der Waals surface area contributed by atoms with Gasteiger partial charge in [-0.1, -0.05) is 35.3 Å². The van der Waals surface area contributed by atoms with Gasteiger partial charge in [0, 0.05) is 24.5 Å². The molecule has 0 saturated heterocycles. The molecular formula is C19H19Cl2NO3S. The fourth-order valence-electron chi connectivity index (χ4n) is 2.52. The summed E-state index contributed by atoms with van der Waals surface area (Å²) in [6, 6.07) is 11.4. The smallest absolute Gasteiger partial charge is 0.231 e. The Morgan fingerprint density at radius 3 is 2.69 bits per heavy atom. The lowest BCUT2D eigenvalue weighted by Crippen LogP contribution is -2.25. The van der Waals surface area contributed by atoms with Crippen molar-refractivity contribution in [2.24, 2.45) is 0 Å². The Kier molecular flexibility index (Phi) is 6.94. The van der Waals surface area contributed by atoms with Gasteiger partial charge in [-0.2, -0.15) is 11.8 Å². The van der Waals surface area contributed by atoms with Crippen molar-refractivity contribution in [3.63, 3.8) is 0 Å². The predicted molar refractivity (Wildman–Crippen MR) is 107 cm³/mol. The lowest BCUT2D eigenvalue weighted by Gasteiger charge is -2.07. The zero-order valence-corrected chi connectivity index (χ0v) is 16.4. The Bertz CT molecular complexity index is 785. The zero-order valence-electron chi connectivity index (χ0n) is 14.1. The van der Waals surface area contributed by atoms with Crippen LogP contribution in [0.1, 0.15) is 17.5 Å². The van der Waals surface area contributed by atoms with Gasteiger partial charge in [0.15, 0.2) is 11.5 Å². The van der Waals surface area contributed by atoms with Crippen LogP contribution in [0, 0.1) is 0 Å². The van der Waals surface area contributed by atoms with Crippen molar-refractivity contribution < 1.29 is 14.3 Å². The van der Waals surface area contributed by atoms with Crippen molar-refractivity contribution >= 4 is 40.9 Å². The molecule has 0 saturated carbocycles. The number of ether oxygens (including phenoxy) is 2. The quantitative estimate of drug-likeness (QED) is 0.639. The van der Waals surface area contributed by atoms with Crippen LogP contribution in [-0.2, 0) is 17.0 Å². The van der Waals surface area contributed by atoms with Crippen molar-refractivity contribution in [3.05, 3.63) is 57.6 Å². The number of benzene rings is 2. The fraction of sp³-hybridized carbons (Fsp3) is 0.316.